The number of nitrogen functional groups attached to an aromatic ring is 1. The predicted molar refractivity (Wildman–Crippen MR) is 89.0 cm³/mol. The summed E-state index contributed by atoms with van der Waals surface area (Å²) in [6.07, 6.45) is 0.992. The number of ether oxygens (including phenoxy) is 1. The van der Waals surface area contributed by atoms with Gasteiger partial charge in [-0.25, -0.2) is 10.8 Å². The number of likely N-dealkylation sites (N-methyl/N-ethyl adjacent to an activating group) is 1. The maximum atomic E-state index is 5.51. The number of aromatic nitrogens is 2. The first kappa shape index (κ1) is 15.9. The van der Waals surface area contributed by atoms with Gasteiger partial charge < -0.3 is 9.64 Å². The first-order valence-electron chi connectivity index (χ1n) is 7.17. The van der Waals surface area contributed by atoms with Crippen LogP contribution < -0.4 is 16.2 Å². The maximum Gasteiger partial charge on any atom is 0.240 e. The smallest absolute Gasteiger partial charge is 0.240 e. The van der Waals surface area contributed by atoms with Crippen LogP contribution in [-0.4, -0.2) is 36.3 Å². The molecule has 0 aliphatic carbocycles. The zero-order valence-corrected chi connectivity index (χ0v) is 13.8. The van der Waals surface area contributed by atoms with Gasteiger partial charge in [0, 0.05) is 18.5 Å². The number of hydrazine groups is 1. The fourth-order valence-electron chi connectivity index (χ4n) is 2.42. The summed E-state index contributed by atoms with van der Waals surface area (Å²) in [6.45, 7) is 7.88. The third-order valence-corrected chi connectivity index (χ3v) is 4.63. The summed E-state index contributed by atoms with van der Waals surface area (Å²) >= 11 is 1.69. The SMILES string of the molecule is CCc1cc2c(N(CC)C(C)COC)nc(NN)nc2s1. The Morgan fingerprint density at radius 3 is 2.76 bits per heavy atom. The topological polar surface area (TPSA) is 76.3 Å². The first-order chi connectivity index (χ1) is 10.1. The van der Waals surface area contributed by atoms with Gasteiger partial charge in [0.05, 0.1) is 18.0 Å². The van der Waals surface area contributed by atoms with Gasteiger partial charge in [-0.1, -0.05) is 6.92 Å². The van der Waals surface area contributed by atoms with E-state index in [2.05, 4.69) is 47.1 Å². The van der Waals surface area contributed by atoms with Crippen LogP contribution in [0.3, 0.4) is 0 Å². The van der Waals surface area contributed by atoms with E-state index in [1.54, 1.807) is 18.4 Å². The van der Waals surface area contributed by atoms with E-state index >= 15 is 0 Å². The molecule has 0 amide bonds. The van der Waals surface area contributed by atoms with Gasteiger partial charge in [0.2, 0.25) is 5.95 Å². The van der Waals surface area contributed by atoms with Crippen molar-refractivity contribution in [2.24, 2.45) is 5.84 Å². The maximum absolute atomic E-state index is 5.51. The van der Waals surface area contributed by atoms with E-state index in [1.807, 2.05) is 0 Å². The minimum atomic E-state index is 0.230. The second kappa shape index (κ2) is 7.02. The molecule has 2 rings (SSSR count). The summed E-state index contributed by atoms with van der Waals surface area (Å²) < 4.78 is 5.28. The second-order valence-corrected chi connectivity index (χ2v) is 6.01. The monoisotopic (exact) mass is 309 g/mol. The van der Waals surface area contributed by atoms with Crippen LogP contribution in [0.25, 0.3) is 10.2 Å². The molecule has 1 atom stereocenters. The summed E-state index contributed by atoms with van der Waals surface area (Å²) in [7, 11) is 1.71. The molecule has 2 aromatic rings. The average molecular weight is 309 g/mol. The number of aryl methyl sites for hydroxylation is 1. The van der Waals surface area contributed by atoms with Crippen LogP contribution in [-0.2, 0) is 11.2 Å². The number of nitrogens with two attached hydrogens (primary N) is 1. The molecule has 3 N–H and O–H groups in total. The molecule has 0 spiro atoms. The van der Waals surface area contributed by atoms with Gasteiger partial charge in [0.15, 0.2) is 0 Å². The molecule has 116 valence electrons. The van der Waals surface area contributed by atoms with Crippen LogP contribution in [0.1, 0.15) is 25.6 Å². The third-order valence-electron chi connectivity index (χ3n) is 3.45. The Morgan fingerprint density at radius 2 is 2.19 bits per heavy atom. The molecule has 0 aliphatic rings. The lowest BCUT2D eigenvalue weighted by molar-refractivity contribution is 0.182. The van der Waals surface area contributed by atoms with Gasteiger partial charge in [-0.15, -0.1) is 11.3 Å². The van der Waals surface area contributed by atoms with Gasteiger partial charge in [-0.3, -0.25) is 5.43 Å². The molecule has 0 fully saturated rings. The van der Waals surface area contributed by atoms with Crippen molar-refractivity contribution in [2.75, 3.05) is 30.6 Å². The van der Waals surface area contributed by atoms with E-state index in [0.717, 1.165) is 29.0 Å². The van der Waals surface area contributed by atoms with Crippen LogP contribution in [0.5, 0.6) is 0 Å². The van der Waals surface area contributed by atoms with E-state index in [4.69, 9.17) is 10.6 Å². The van der Waals surface area contributed by atoms with Crippen molar-refractivity contribution >= 4 is 33.3 Å². The fourth-order valence-corrected chi connectivity index (χ4v) is 3.38. The number of rotatable bonds is 7. The van der Waals surface area contributed by atoms with Crippen molar-refractivity contribution in [3.63, 3.8) is 0 Å². The number of hydrogen-bond donors (Lipinski definition) is 2. The fraction of sp³-hybridized carbons (Fsp3) is 0.571. The summed E-state index contributed by atoms with van der Waals surface area (Å²) in [5.41, 5.74) is 2.56. The Kier molecular flexibility index (Phi) is 5.33. The summed E-state index contributed by atoms with van der Waals surface area (Å²) in [5.74, 6) is 6.87. The molecular formula is C14H23N5OS. The van der Waals surface area contributed by atoms with Crippen LogP contribution in [0.2, 0.25) is 0 Å². The van der Waals surface area contributed by atoms with Gasteiger partial charge in [-0.05, 0) is 26.3 Å². The quantitative estimate of drug-likeness (QED) is 0.604. The number of methoxy groups -OCH3 is 1. The van der Waals surface area contributed by atoms with Gasteiger partial charge in [0.25, 0.3) is 0 Å². The van der Waals surface area contributed by atoms with Crippen molar-refractivity contribution in [1.82, 2.24) is 9.97 Å². The average Bonchev–Trinajstić information content (AvgIpc) is 2.91. The summed E-state index contributed by atoms with van der Waals surface area (Å²) in [4.78, 5) is 13.5. The second-order valence-electron chi connectivity index (χ2n) is 4.89. The molecule has 2 aromatic heterocycles. The van der Waals surface area contributed by atoms with Crippen molar-refractivity contribution in [3.05, 3.63) is 10.9 Å². The molecule has 21 heavy (non-hydrogen) atoms. The normalized spacial score (nSPS) is 12.6. The largest absolute Gasteiger partial charge is 0.383 e. The molecule has 0 saturated carbocycles. The highest BCUT2D eigenvalue weighted by Gasteiger charge is 2.20. The van der Waals surface area contributed by atoms with E-state index < -0.39 is 0 Å². The molecule has 0 saturated heterocycles. The molecule has 0 radical (unpaired) electrons. The molecule has 7 heteroatoms. The van der Waals surface area contributed by atoms with Crippen LogP contribution in [0.15, 0.2) is 6.07 Å². The molecule has 6 nitrogen and oxygen atoms in total. The lowest BCUT2D eigenvalue weighted by Crippen LogP contribution is -2.37. The Hall–Kier alpha value is -1.44. The minimum Gasteiger partial charge on any atom is -0.383 e. The highest BCUT2D eigenvalue weighted by molar-refractivity contribution is 7.18. The number of anilines is 2. The van der Waals surface area contributed by atoms with Crippen molar-refractivity contribution in [2.45, 2.75) is 33.2 Å². The molecule has 1 unspecified atom stereocenters. The van der Waals surface area contributed by atoms with E-state index in [1.165, 1.54) is 4.88 Å². The zero-order chi connectivity index (χ0) is 15.4. The molecule has 2 heterocycles. The number of thiophene rings is 1. The van der Waals surface area contributed by atoms with Gasteiger partial charge in [0.1, 0.15) is 10.6 Å². The highest BCUT2D eigenvalue weighted by Crippen LogP contribution is 2.33. The minimum absolute atomic E-state index is 0.230. The number of nitrogens with one attached hydrogen (secondary N) is 1. The first-order valence-corrected chi connectivity index (χ1v) is 7.98. The predicted octanol–water partition coefficient (Wildman–Crippen LogP) is 2.40. The Balaban J connectivity index is 2.55. The lowest BCUT2D eigenvalue weighted by atomic mass is 10.2. The number of nitrogens with zero attached hydrogens (tertiary/aromatic N) is 3. The van der Waals surface area contributed by atoms with Gasteiger partial charge >= 0.3 is 0 Å². The van der Waals surface area contributed by atoms with E-state index in [9.17, 15) is 0 Å². The van der Waals surface area contributed by atoms with Crippen LogP contribution in [0, 0.1) is 0 Å². The molecule has 0 aromatic carbocycles. The van der Waals surface area contributed by atoms with Crippen molar-refractivity contribution in [3.8, 4) is 0 Å². The van der Waals surface area contributed by atoms with E-state index in [-0.39, 0.29) is 6.04 Å². The highest BCUT2D eigenvalue weighted by atomic mass is 32.1. The molecule has 0 aliphatic heterocycles. The van der Waals surface area contributed by atoms with Crippen molar-refractivity contribution in [1.29, 1.82) is 0 Å². The third kappa shape index (κ3) is 3.25. The van der Waals surface area contributed by atoms with Crippen LogP contribution in [0.4, 0.5) is 11.8 Å². The lowest BCUT2D eigenvalue weighted by Gasteiger charge is -2.29. The number of fused-ring (bicyclic) bond motifs is 1. The molecular weight excluding hydrogens is 286 g/mol. The Morgan fingerprint density at radius 1 is 1.43 bits per heavy atom. The Bertz CT molecular complexity index is 600. The Labute approximate surface area is 129 Å². The molecule has 0 bridgehead atoms. The summed E-state index contributed by atoms with van der Waals surface area (Å²) in [6, 6.07) is 2.41. The van der Waals surface area contributed by atoms with E-state index in [0.29, 0.717) is 12.6 Å². The van der Waals surface area contributed by atoms with Crippen molar-refractivity contribution < 1.29 is 4.74 Å². The number of hydrogen-bond acceptors (Lipinski definition) is 7. The summed E-state index contributed by atoms with van der Waals surface area (Å²) in [5, 5.41) is 1.08. The van der Waals surface area contributed by atoms with Gasteiger partial charge in [-0.2, -0.15) is 4.98 Å². The zero-order valence-electron chi connectivity index (χ0n) is 13.0. The van der Waals surface area contributed by atoms with Crippen LogP contribution >= 0.6 is 11.3 Å². The standard InChI is InChI=1S/C14H23N5OS/c1-5-10-7-11-12(19(6-2)9(3)8-20-4)16-14(18-15)17-13(11)21-10/h7,9H,5-6,8,15H2,1-4H3,(H,16,17,18).